The molecule has 9 heteroatoms. The van der Waals surface area contributed by atoms with Gasteiger partial charge in [0.15, 0.2) is 6.29 Å². The van der Waals surface area contributed by atoms with E-state index in [9.17, 15) is 25.2 Å². The van der Waals surface area contributed by atoms with E-state index in [0.29, 0.717) is 13.0 Å². The summed E-state index contributed by atoms with van der Waals surface area (Å²) in [7, 11) is 0. The van der Waals surface area contributed by atoms with Crippen LogP contribution in [0.5, 0.6) is 0 Å². The van der Waals surface area contributed by atoms with Crippen molar-refractivity contribution < 1.29 is 44.2 Å². The molecular weight excluding hydrogens is 684 g/mol. The normalized spacial score (nSPS) is 21.0. The molecule has 6 unspecified atom stereocenters. The van der Waals surface area contributed by atoms with Gasteiger partial charge in [-0.25, -0.2) is 0 Å². The molecule has 0 aromatic carbocycles. The molecule has 9 nitrogen and oxygen atoms in total. The number of carbonyl (C=O) groups is 1. The van der Waals surface area contributed by atoms with E-state index in [1.54, 1.807) is 0 Å². The third-order valence-electron chi connectivity index (χ3n) is 10.3. The van der Waals surface area contributed by atoms with Crippen LogP contribution in [0.3, 0.4) is 0 Å². The molecule has 0 amide bonds. The SMILES string of the molecule is CCCCCCC/C=C\CCCCCCCC(=O)OC(COCCCCCCCC/C=C\CCCCCCCCC)COC1OC(CO)C(O)C(O)C1O. The van der Waals surface area contributed by atoms with Crippen molar-refractivity contribution in [3.8, 4) is 0 Å². The summed E-state index contributed by atoms with van der Waals surface area (Å²) in [6, 6.07) is 0. The number of hydrogen-bond acceptors (Lipinski definition) is 9. The molecule has 1 fully saturated rings. The van der Waals surface area contributed by atoms with Gasteiger partial charge in [0.25, 0.3) is 0 Å². The first-order chi connectivity index (χ1) is 26.4. The van der Waals surface area contributed by atoms with Gasteiger partial charge in [-0.05, 0) is 64.2 Å². The fraction of sp³-hybridized carbons (Fsp3) is 0.889. The lowest BCUT2D eigenvalue weighted by atomic mass is 9.99. The minimum atomic E-state index is -1.54. The van der Waals surface area contributed by atoms with E-state index in [1.165, 1.54) is 128 Å². The third-order valence-corrected chi connectivity index (χ3v) is 10.3. The molecule has 318 valence electrons. The highest BCUT2D eigenvalue weighted by molar-refractivity contribution is 5.69. The molecule has 0 radical (unpaired) electrons. The van der Waals surface area contributed by atoms with Gasteiger partial charge in [-0.3, -0.25) is 4.79 Å². The molecule has 1 saturated heterocycles. The van der Waals surface area contributed by atoms with Crippen molar-refractivity contribution in [3.05, 3.63) is 24.3 Å². The minimum Gasteiger partial charge on any atom is -0.457 e. The van der Waals surface area contributed by atoms with Gasteiger partial charge in [-0.1, -0.05) is 147 Å². The molecule has 0 aliphatic carbocycles. The Hall–Kier alpha value is -1.33. The molecule has 0 aromatic rings. The molecule has 0 aromatic heterocycles. The van der Waals surface area contributed by atoms with Crippen LogP contribution in [0, 0.1) is 0 Å². The summed E-state index contributed by atoms with van der Waals surface area (Å²) in [5.41, 5.74) is 0. The highest BCUT2D eigenvalue weighted by Gasteiger charge is 2.44. The number of allylic oxidation sites excluding steroid dienone is 4. The van der Waals surface area contributed by atoms with Crippen LogP contribution in [-0.4, -0.2) is 89.6 Å². The van der Waals surface area contributed by atoms with Crippen LogP contribution >= 0.6 is 0 Å². The van der Waals surface area contributed by atoms with E-state index in [0.717, 1.165) is 44.9 Å². The zero-order valence-corrected chi connectivity index (χ0v) is 34.7. The van der Waals surface area contributed by atoms with Crippen LogP contribution in [0.2, 0.25) is 0 Å². The lowest BCUT2D eigenvalue weighted by molar-refractivity contribution is -0.305. The lowest BCUT2D eigenvalue weighted by Crippen LogP contribution is -2.59. The number of aliphatic hydroxyl groups excluding tert-OH is 4. The quantitative estimate of drug-likeness (QED) is 0.0275. The van der Waals surface area contributed by atoms with Crippen LogP contribution in [0.1, 0.15) is 194 Å². The van der Waals surface area contributed by atoms with Crippen LogP contribution in [0.4, 0.5) is 0 Å². The predicted octanol–water partition coefficient (Wildman–Crippen LogP) is 9.81. The molecule has 54 heavy (non-hydrogen) atoms. The van der Waals surface area contributed by atoms with Crippen molar-refractivity contribution in [1.82, 2.24) is 0 Å². The summed E-state index contributed by atoms with van der Waals surface area (Å²) in [6.45, 7) is 4.53. The third kappa shape index (κ3) is 28.1. The average Bonchev–Trinajstić information content (AvgIpc) is 3.17. The van der Waals surface area contributed by atoms with Crippen LogP contribution in [-0.2, 0) is 23.7 Å². The number of esters is 1. The second-order valence-electron chi connectivity index (χ2n) is 15.5. The second kappa shape index (κ2) is 37.3. The molecule has 1 heterocycles. The van der Waals surface area contributed by atoms with Crippen molar-refractivity contribution >= 4 is 5.97 Å². The van der Waals surface area contributed by atoms with Gasteiger partial charge < -0.3 is 39.4 Å². The van der Waals surface area contributed by atoms with Crippen LogP contribution in [0.15, 0.2) is 24.3 Å². The molecule has 4 N–H and O–H groups in total. The van der Waals surface area contributed by atoms with Crippen LogP contribution in [0.25, 0.3) is 0 Å². The summed E-state index contributed by atoms with van der Waals surface area (Å²) in [5.74, 6) is -0.324. The highest BCUT2D eigenvalue weighted by Crippen LogP contribution is 2.22. The lowest BCUT2D eigenvalue weighted by Gasteiger charge is -2.39. The number of aliphatic hydroxyl groups is 4. The first-order valence-electron chi connectivity index (χ1n) is 22.4. The number of carbonyl (C=O) groups excluding carboxylic acids is 1. The molecule has 1 aliphatic rings. The Morgan fingerprint density at radius 2 is 1.02 bits per heavy atom. The Labute approximate surface area is 330 Å². The van der Waals surface area contributed by atoms with Crippen molar-refractivity contribution in [2.24, 2.45) is 0 Å². The number of hydrogen-bond donors (Lipinski definition) is 4. The number of unbranched alkanes of at least 4 members (excludes halogenated alkanes) is 23. The van der Waals surface area contributed by atoms with Crippen molar-refractivity contribution in [1.29, 1.82) is 0 Å². The van der Waals surface area contributed by atoms with Crippen molar-refractivity contribution in [3.63, 3.8) is 0 Å². The summed E-state index contributed by atoms with van der Waals surface area (Å²) < 4.78 is 22.8. The largest absolute Gasteiger partial charge is 0.457 e. The van der Waals surface area contributed by atoms with Crippen molar-refractivity contribution in [2.45, 2.75) is 230 Å². The van der Waals surface area contributed by atoms with E-state index >= 15 is 0 Å². The van der Waals surface area contributed by atoms with Crippen LogP contribution < -0.4 is 0 Å². The van der Waals surface area contributed by atoms with Gasteiger partial charge in [0.05, 0.1) is 19.8 Å². The Kier molecular flexibility index (Phi) is 35.0. The minimum absolute atomic E-state index is 0.117. The van der Waals surface area contributed by atoms with Gasteiger partial charge in [0.1, 0.15) is 30.5 Å². The number of ether oxygens (including phenoxy) is 4. The second-order valence-corrected chi connectivity index (χ2v) is 15.5. The maximum absolute atomic E-state index is 12.7. The fourth-order valence-corrected chi connectivity index (χ4v) is 6.77. The van der Waals surface area contributed by atoms with Gasteiger partial charge in [0.2, 0.25) is 0 Å². The summed E-state index contributed by atoms with van der Waals surface area (Å²) in [6.07, 6.45) is 34.8. The fourth-order valence-electron chi connectivity index (χ4n) is 6.77. The monoisotopic (exact) mass is 769 g/mol. The molecular formula is C45H84O9. The summed E-state index contributed by atoms with van der Waals surface area (Å²) >= 11 is 0. The maximum atomic E-state index is 12.7. The van der Waals surface area contributed by atoms with Gasteiger partial charge in [-0.15, -0.1) is 0 Å². The zero-order valence-electron chi connectivity index (χ0n) is 34.7. The van der Waals surface area contributed by atoms with E-state index in [-0.39, 0.29) is 19.2 Å². The van der Waals surface area contributed by atoms with Crippen molar-refractivity contribution in [2.75, 3.05) is 26.4 Å². The Bertz CT molecular complexity index is 879. The number of rotatable bonds is 38. The first kappa shape index (κ1) is 50.7. The maximum Gasteiger partial charge on any atom is 0.306 e. The van der Waals surface area contributed by atoms with E-state index < -0.39 is 43.4 Å². The molecule has 0 spiro atoms. The van der Waals surface area contributed by atoms with E-state index in [4.69, 9.17) is 18.9 Å². The molecule has 0 bridgehead atoms. The topological polar surface area (TPSA) is 135 Å². The first-order valence-corrected chi connectivity index (χ1v) is 22.4. The molecule has 0 saturated carbocycles. The average molecular weight is 769 g/mol. The molecule has 1 rings (SSSR count). The Morgan fingerprint density at radius 3 is 1.50 bits per heavy atom. The van der Waals surface area contributed by atoms with E-state index in [2.05, 4.69) is 38.2 Å². The standard InChI is InChI=1S/C45H84O9/c1-3-5-7-9-11-13-15-17-19-20-21-23-25-27-29-31-33-35-51-37-39(38-52-45-44(50)43(49)42(48)40(36-46)54-45)53-41(47)34-32-30-28-26-24-22-18-16-14-12-10-8-6-4-2/h16,18-20,39-40,42-46,48-50H,3-15,17,21-38H2,1-2H3/b18-16-,20-19-. The Morgan fingerprint density at radius 1 is 0.574 bits per heavy atom. The molecule has 6 atom stereocenters. The summed E-state index contributed by atoms with van der Waals surface area (Å²) in [5, 5.41) is 40.1. The predicted molar refractivity (Wildman–Crippen MR) is 219 cm³/mol. The van der Waals surface area contributed by atoms with Gasteiger partial charge >= 0.3 is 5.97 Å². The van der Waals surface area contributed by atoms with E-state index in [1.807, 2.05) is 0 Å². The Balaban J connectivity index is 2.27. The zero-order chi connectivity index (χ0) is 39.3. The van der Waals surface area contributed by atoms with Gasteiger partial charge in [0, 0.05) is 13.0 Å². The summed E-state index contributed by atoms with van der Waals surface area (Å²) in [4.78, 5) is 12.7. The smallest absolute Gasteiger partial charge is 0.306 e. The molecule has 1 aliphatic heterocycles. The van der Waals surface area contributed by atoms with Gasteiger partial charge in [-0.2, -0.15) is 0 Å². The highest BCUT2D eigenvalue weighted by atomic mass is 16.7.